The fraction of sp³-hybridized carbons (Fsp3) is 0.588. The van der Waals surface area contributed by atoms with Gasteiger partial charge in [0.1, 0.15) is 11.4 Å². The number of hydrogen-bond acceptors (Lipinski definition) is 5. The first-order valence-corrected chi connectivity index (χ1v) is 7.97. The van der Waals surface area contributed by atoms with Gasteiger partial charge in [0, 0.05) is 19.1 Å². The molecule has 1 fully saturated rings. The van der Waals surface area contributed by atoms with E-state index in [0.29, 0.717) is 24.5 Å². The molecule has 1 aliphatic heterocycles. The maximum absolute atomic E-state index is 12.1. The average molecular weight is 321 g/mol. The molecule has 0 atom stereocenters. The van der Waals surface area contributed by atoms with Gasteiger partial charge >= 0.3 is 6.09 Å². The van der Waals surface area contributed by atoms with Crippen LogP contribution in [0.3, 0.4) is 0 Å². The molecule has 128 valence electrons. The fourth-order valence-corrected chi connectivity index (χ4v) is 2.60. The van der Waals surface area contributed by atoms with E-state index in [4.69, 9.17) is 15.2 Å². The lowest BCUT2D eigenvalue weighted by Gasteiger charge is -2.34. The molecule has 6 nitrogen and oxygen atoms in total. The summed E-state index contributed by atoms with van der Waals surface area (Å²) >= 11 is 0. The number of nitrogen functional groups attached to an aromatic ring is 1. The molecule has 0 spiro atoms. The Kier molecular flexibility index (Phi) is 5.23. The third-order valence-electron chi connectivity index (χ3n) is 3.79. The summed E-state index contributed by atoms with van der Waals surface area (Å²) < 4.78 is 10.6. The summed E-state index contributed by atoms with van der Waals surface area (Å²) in [6, 6.07) is 5.97. The first kappa shape index (κ1) is 17.2. The van der Waals surface area contributed by atoms with Crippen molar-refractivity contribution < 1.29 is 14.3 Å². The maximum atomic E-state index is 12.1. The van der Waals surface area contributed by atoms with Crippen LogP contribution in [0.5, 0.6) is 5.75 Å². The minimum atomic E-state index is -0.457. The Morgan fingerprint density at radius 3 is 2.52 bits per heavy atom. The van der Waals surface area contributed by atoms with Crippen LogP contribution < -0.4 is 15.8 Å². The minimum Gasteiger partial charge on any atom is -0.495 e. The van der Waals surface area contributed by atoms with Gasteiger partial charge in [-0.25, -0.2) is 4.79 Å². The Morgan fingerprint density at radius 2 is 1.96 bits per heavy atom. The molecule has 0 aliphatic carbocycles. The van der Waals surface area contributed by atoms with Crippen LogP contribution >= 0.6 is 0 Å². The number of anilines is 2. The highest BCUT2D eigenvalue weighted by atomic mass is 16.6. The lowest BCUT2D eigenvalue weighted by Crippen LogP contribution is -2.44. The number of nitrogens with one attached hydrogen (secondary N) is 1. The molecule has 23 heavy (non-hydrogen) atoms. The van der Waals surface area contributed by atoms with Crippen molar-refractivity contribution in [2.75, 3.05) is 31.2 Å². The first-order valence-electron chi connectivity index (χ1n) is 7.97. The third kappa shape index (κ3) is 4.68. The van der Waals surface area contributed by atoms with Crippen LogP contribution in [0.2, 0.25) is 0 Å². The second-order valence-electron chi connectivity index (χ2n) is 6.81. The molecule has 1 heterocycles. The minimum absolute atomic E-state index is 0.239. The molecule has 1 aromatic carbocycles. The molecule has 0 bridgehead atoms. The van der Waals surface area contributed by atoms with E-state index >= 15 is 0 Å². The Balaban J connectivity index is 1.89. The van der Waals surface area contributed by atoms with Crippen molar-refractivity contribution in [3.05, 3.63) is 18.2 Å². The predicted octanol–water partition coefficient (Wildman–Crippen LogP) is 3.09. The van der Waals surface area contributed by atoms with E-state index in [1.807, 2.05) is 39.0 Å². The van der Waals surface area contributed by atoms with Gasteiger partial charge in [-0.1, -0.05) is 6.07 Å². The number of hydrogen-bond donors (Lipinski definition) is 2. The van der Waals surface area contributed by atoms with Crippen LogP contribution in [0, 0.1) is 0 Å². The number of ether oxygens (including phenoxy) is 2. The topological polar surface area (TPSA) is 76.8 Å². The van der Waals surface area contributed by atoms with Gasteiger partial charge < -0.3 is 25.4 Å². The summed E-state index contributed by atoms with van der Waals surface area (Å²) in [4.78, 5) is 13.8. The Hall–Kier alpha value is -2.11. The summed E-state index contributed by atoms with van der Waals surface area (Å²) in [6.45, 7) is 6.99. The quantitative estimate of drug-likeness (QED) is 0.837. The van der Waals surface area contributed by atoms with Gasteiger partial charge in [-0.2, -0.15) is 0 Å². The van der Waals surface area contributed by atoms with Crippen LogP contribution in [-0.4, -0.2) is 42.8 Å². The number of methoxy groups -OCH3 is 1. The summed E-state index contributed by atoms with van der Waals surface area (Å²) in [6.07, 6.45) is 1.48. The summed E-state index contributed by atoms with van der Waals surface area (Å²) in [5.74, 6) is 0.668. The molecule has 0 aromatic heterocycles. The van der Waals surface area contributed by atoms with Crippen molar-refractivity contribution in [2.45, 2.75) is 45.3 Å². The Labute approximate surface area is 137 Å². The van der Waals surface area contributed by atoms with Crippen LogP contribution in [0.1, 0.15) is 33.6 Å². The standard InChI is InChI=1S/C17H27N3O3/c1-17(2,3)23-16(21)20-10-8-12(9-11-20)19-13-6-5-7-14(22-4)15(13)18/h5-7,12,19H,8-11,18H2,1-4H3. The molecule has 0 unspecified atom stereocenters. The van der Waals surface area contributed by atoms with Gasteiger partial charge in [0.2, 0.25) is 0 Å². The monoisotopic (exact) mass is 321 g/mol. The highest BCUT2D eigenvalue weighted by molar-refractivity contribution is 5.73. The highest BCUT2D eigenvalue weighted by Gasteiger charge is 2.27. The molecule has 1 saturated heterocycles. The summed E-state index contributed by atoms with van der Waals surface area (Å²) in [5.41, 5.74) is 7.12. The number of likely N-dealkylation sites (tertiary alicyclic amines) is 1. The van der Waals surface area contributed by atoms with Gasteiger partial charge in [0.05, 0.1) is 18.5 Å². The second-order valence-corrected chi connectivity index (χ2v) is 6.81. The highest BCUT2D eigenvalue weighted by Crippen LogP contribution is 2.30. The van der Waals surface area contributed by atoms with Gasteiger partial charge in [0.15, 0.2) is 0 Å². The zero-order chi connectivity index (χ0) is 17.0. The molecule has 0 radical (unpaired) electrons. The molecule has 1 aliphatic rings. The van der Waals surface area contributed by atoms with Crippen molar-refractivity contribution >= 4 is 17.5 Å². The van der Waals surface area contributed by atoms with E-state index < -0.39 is 5.60 Å². The van der Waals surface area contributed by atoms with Gasteiger partial charge in [0.25, 0.3) is 0 Å². The smallest absolute Gasteiger partial charge is 0.410 e. The van der Waals surface area contributed by atoms with E-state index in [2.05, 4.69) is 5.32 Å². The molecular formula is C17H27N3O3. The molecule has 1 aromatic rings. The van der Waals surface area contributed by atoms with Crippen LogP contribution in [0.15, 0.2) is 18.2 Å². The van der Waals surface area contributed by atoms with Crippen molar-refractivity contribution in [1.82, 2.24) is 4.90 Å². The molecular weight excluding hydrogens is 294 g/mol. The van der Waals surface area contributed by atoms with Crippen LogP contribution in [0.25, 0.3) is 0 Å². The van der Waals surface area contributed by atoms with E-state index in [9.17, 15) is 4.79 Å². The number of amides is 1. The third-order valence-corrected chi connectivity index (χ3v) is 3.79. The predicted molar refractivity (Wildman–Crippen MR) is 91.9 cm³/mol. The van der Waals surface area contributed by atoms with Crippen LogP contribution in [-0.2, 0) is 4.74 Å². The summed E-state index contributed by atoms with van der Waals surface area (Å²) in [7, 11) is 1.61. The largest absolute Gasteiger partial charge is 0.495 e. The van der Waals surface area contributed by atoms with Crippen LogP contribution in [0.4, 0.5) is 16.2 Å². The number of nitrogens with two attached hydrogens (primary N) is 1. The number of benzene rings is 1. The average Bonchev–Trinajstić information content (AvgIpc) is 2.48. The molecule has 2 rings (SSSR count). The number of carbonyl (C=O) groups excluding carboxylic acids is 1. The Bertz CT molecular complexity index is 547. The lowest BCUT2D eigenvalue weighted by atomic mass is 10.0. The SMILES string of the molecule is COc1cccc(NC2CCN(C(=O)OC(C)(C)C)CC2)c1N. The number of para-hydroxylation sites is 1. The normalized spacial score (nSPS) is 16.1. The number of piperidine rings is 1. The molecule has 0 saturated carbocycles. The molecule has 3 N–H and O–H groups in total. The number of carbonyl (C=O) groups is 1. The van der Waals surface area contributed by atoms with Gasteiger partial charge in [-0.05, 0) is 45.7 Å². The first-order chi connectivity index (χ1) is 10.8. The van der Waals surface area contributed by atoms with Crippen molar-refractivity contribution in [3.63, 3.8) is 0 Å². The zero-order valence-electron chi connectivity index (χ0n) is 14.4. The van der Waals surface area contributed by atoms with Crippen molar-refractivity contribution in [3.8, 4) is 5.75 Å². The number of rotatable bonds is 3. The van der Waals surface area contributed by atoms with Crippen molar-refractivity contribution in [2.24, 2.45) is 0 Å². The lowest BCUT2D eigenvalue weighted by molar-refractivity contribution is 0.0210. The molecule has 1 amide bonds. The number of nitrogens with zero attached hydrogens (tertiary/aromatic N) is 1. The molecule has 6 heteroatoms. The Morgan fingerprint density at radius 1 is 1.30 bits per heavy atom. The van der Waals surface area contributed by atoms with E-state index in [0.717, 1.165) is 18.5 Å². The van der Waals surface area contributed by atoms with E-state index in [1.165, 1.54) is 0 Å². The van der Waals surface area contributed by atoms with Gasteiger partial charge in [-0.3, -0.25) is 0 Å². The van der Waals surface area contributed by atoms with Crippen molar-refractivity contribution in [1.29, 1.82) is 0 Å². The summed E-state index contributed by atoms with van der Waals surface area (Å²) in [5, 5.41) is 3.45. The van der Waals surface area contributed by atoms with E-state index in [-0.39, 0.29) is 12.1 Å². The second kappa shape index (κ2) is 6.98. The zero-order valence-corrected chi connectivity index (χ0v) is 14.4. The fourth-order valence-electron chi connectivity index (χ4n) is 2.60. The maximum Gasteiger partial charge on any atom is 0.410 e. The van der Waals surface area contributed by atoms with E-state index in [1.54, 1.807) is 12.0 Å². The van der Waals surface area contributed by atoms with Gasteiger partial charge in [-0.15, -0.1) is 0 Å².